The number of aromatic nitrogens is 1. The van der Waals surface area contributed by atoms with Gasteiger partial charge >= 0.3 is 0 Å². The number of aromatic amines is 1. The Hall–Kier alpha value is -1.35. The fraction of sp³-hybridized carbons (Fsp3) is 0.500. The van der Waals surface area contributed by atoms with E-state index in [2.05, 4.69) is 46.4 Å². The third-order valence-electron chi connectivity index (χ3n) is 4.05. The van der Waals surface area contributed by atoms with Crippen molar-refractivity contribution >= 4 is 40.8 Å². The molecule has 140 valence electrons. The maximum Gasteiger partial charge on any atom is 0.191 e. The minimum atomic E-state index is -0.215. The van der Waals surface area contributed by atoms with Gasteiger partial charge in [-0.1, -0.05) is 6.92 Å². The number of rotatable bonds is 8. The molecule has 1 aromatic heterocycles. The van der Waals surface area contributed by atoms with Gasteiger partial charge in [0.15, 0.2) is 5.96 Å². The summed E-state index contributed by atoms with van der Waals surface area (Å²) in [5.41, 5.74) is 2.02. The molecule has 3 N–H and O–H groups in total. The molecule has 0 radical (unpaired) electrons. The Bertz CT molecular complexity index is 671. The second-order valence-electron chi connectivity index (χ2n) is 5.84. The fourth-order valence-electron chi connectivity index (χ4n) is 2.51. The topological polar surface area (TPSA) is 55.5 Å². The molecule has 7 heteroatoms. The van der Waals surface area contributed by atoms with Gasteiger partial charge in [-0.2, -0.15) is 0 Å². The molecule has 1 aromatic carbocycles. The molecule has 0 atom stereocenters. The van der Waals surface area contributed by atoms with Crippen molar-refractivity contribution < 1.29 is 4.39 Å². The first-order valence-corrected chi connectivity index (χ1v) is 8.60. The summed E-state index contributed by atoms with van der Waals surface area (Å²) in [7, 11) is 2.09. The highest BCUT2D eigenvalue weighted by Gasteiger charge is 2.05. The van der Waals surface area contributed by atoms with Crippen LogP contribution in [0.2, 0.25) is 0 Å². The van der Waals surface area contributed by atoms with Gasteiger partial charge in [0, 0.05) is 36.7 Å². The molecule has 0 fully saturated rings. The molecule has 0 saturated heterocycles. The van der Waals surface area contributed by atoms with Gasteiger partial charge in [-0.3, -0.25) is 4.99 Å². The van der Waals surface area contributed by atoms with Crippen LogP contribution in [0.15, 0.2) is 29.4 Å². The molecule has 0 saturated carbocycles. The summed E-state index contributed by atoms with van der Waals surface area (Å²) in [6.07, 6.45) is 2.80. The number of H-pyrrole nitrogens is 1. The van der Waals surface area contributed by atoms with E-state index in [1.807, 2.05) is 12.3 Å². The van der Waals surface area contributed by atoms with Crippen LogP contribution >= 0.6 is 24.0 Å². The number of nitrogens with one attached hydrogen (secondary N) is 3. The number of halogens is 2. The summed E-state index contributed by atoms with van der Waals surface area (Å²) in [5.74, 6) is 0.625. The monoisotopic (exact) mass is 461 g/mol. The second kappa shape index (κ2) is 11.3. The standard InChI is InChI=1S/C18H28FN5.HI/c1-4-20-18(22-10-11-24(3)5-2)21-9-8-14-13-23-17-12-15(19)6-7-16(14)17;/h6-7,12-13,23H,4-5,8-11H2,1-3H3,(H2,20,21,22);1H. The van der Waals surface area contributed by atoms with Gasteiger partial charge < -0.3 is 20.5 Å². The molecule has 0 unspecified atom stereocenters. The zero-order valence-electron chi connectivity index (χ0n) is 15.2. The number of aliphatic imine (C=N–C) groups is 1. The van der Waals surface area contributed by atoms with Gasteiger partial charge in [0.2, 0.25) is 0 Å². The predicted octanol–water partition coefficient (Wildman–Crippen LogP) is 2.97. The van der Waals surface area contributed by atoms with Crippen molar-refractivity contribution in [2.24, 2.45) is 4.99 Å². The molecule has 1 heterocycles. The molecule has 0 bridgehead atoms. The maximum atomic E-state index is 13.2. The minimum Gasteiger partial charge on any atom is -0.361 e. The Balaban J connectivity index is 0.00000312. The molecule has 0 aliphatic carbocycles. The summed E-state index contributed by atoms with van der Waals surface area (Å²) >= 11 is 0. The van der Waals surface area contributed by atoms with Gasteiger partial charge in [0.05, 0.1) is 6.54 Å². The highest BCUT2D eigenvalue weighted by Crippen LogP contribution is 2.19. The van der Waals surface area contributed by atoms with E-state index in [9.17, 15) is 4.39 Å². The zero-order chi connectivity index (χ0) is 17.4. The number of hydrogen-bond donors (Lipinski definition) is 3. The van der Waals surface area contributed by atoms with Gasteiger partial charge in [-0.25, -0.2) is 4.39 Å². The lowest BCUT2D eigenvalue weighted by molar-refractivity contribution is 0.363. The molecule has 2 rings (SSSR count). The number of fused-ring (bicyclic) bond motifs is 1. The second-order valence-corrected chi connectivity index (χ2v) is 5.84. The average molecular weight is 461 g/mol. The summed E-state index contributed by atoms with van der Waals surface area (Å²) in [5, 5.41) is 7.70. The molecule has 5 nitrogen and oxygen atoms in total. The van der Waals surface area contributed by atoms with Crippen molar-refractivity contribution in [2.45, 2.75) is 20.3 Å². The van der Waals surface area contributed by atoms with Crippen LogP contribution < -0.4 is 10.6 Å². The van der Waals surface area contributed by atoms with Gasteiger partial charge in [-0.15, -0.1) is 24.0 Å². The Labute approximate surface area is 166 Å². The van der Waals surface area contributed by atoms with Crippen LogP contribution in [0.5, 0.6) is 0 Å². The van der Waals surface area contributed by atoms with E-state index in [1.165, 1.54) is 17.7 Å². The maximum absolute atomic E-state index is 13.2. The molecule has 0 aliphatic heterocycles. The van der Waals surface area contributed by atoms with E-state index in [1.54, 1.807) is 0 Å². The van der Waals surface area contributed by atoms with Crippen LogP contribution in [-0.2, 0) is 6.42 Å². The quantitative estimate of drug-likeness (QED) is 0.322. The van der Waals surface area contributed by atoms with Crippen LogP contribution in [0, 0.1) is 5.82 Å². The van der Waals surface area contributed by atoms with Gasteiger partial charge in [0.25, 0.3) is 0 Å². The normalized spacial score (nSPS) is 11.6. The lowest BCUT2D eigenvalue weighted by atomic mass is 10.1. The van der Waals surface area contributed by atoms with Crippen LogP contribution in [0.25, 0.3) is 10.9 Å². The number of benzene rings is 1. The average Bonchev–Trinajstić information content (AvgIpc) is 2.96. The van der Waals surface area contributed by atoms with E-state index in [0.717, 1.165) is 56.0 Å². The van der Waals surface area contributed by atoms with E-state index in [-0.39, 0.29) is 29.8 Å². The van der Waals surface area contributed by atoms with Crippen LogP contribution in [0.3, 0.4) is 0 Å². The first-order valence-electron chi connectivity index (χ1n) is 8.60. The van der Waals surface area contributed by atoms with Crippen molar-refractivity contribution in [1.29, 1.82) is 0 Å². The van der Waals surface area contributed by atoms with Gasteiger partial charge in [0.1, 0.15) is 5.82 Å². The Morgan fingerprint density at radius 3 is 2.80 bits per heavy atom. The summed E-state index contributed by atoms with van der Waals surface area (Å²) in [6.45, 7) is 8.55. The first-order chi connectivity index (χ1) is 11.6. The number of guanidine groups is 1. The van der Waals surface area contributed by atoms with Crippen LogP contribution in [0.1, 0.15) is 19.4 Å². The summed E-state index contributed by atoms with van der Waals surface area (Å²) < 4.78 is 13.2. The Morgan fingerprint density at radius 2 is 2.08 bits per heavy atom. The molecular formula is C18H29FIN5. The zero-order valence-corrected chi connectivity index (χ0v) is 17.6. The molecule has 25 heavy (non-hydrogen) atoms. The van der Waals surface area contributed by atoms with Crippen molar-refractivity contribution in [3.05, 3.63) is 35.8 Å². The summed E-state index contributed by atoms with van der Waals surface area (Å²) in [4.78, 5) is 9.95. The molecule has 0 amide bonds. The van der Waals surface area contributed by atoms with Crippen molar-refractivity contribution in [3.8, 4) is 0 Å². The highest BCUT2D eigenvalue weighted by atomic mass is 127. The number of hydrogen-bond acceptors (Lipinski definition) is 2. The Morgan fingerprint density at radius 1 is 1.28 bits per heavy atom. The summed E-state index contributed by atoms with van der Waals surface area (Å²) in [6, 6.07) is 4.86. The lowest BCUT2D eigenvalue weighted by Gasteiger charge is -2.14. The Kier molecular flexibility index (Phi) is 9.81. The van der Waals surface area contributed by atoms with Crippen LogP contribution in [-0.4, -0.2) is 55.6 Å². The van der Waals surface area contributed by atoms with E-state index < -0.39 is 0 Å². The predicted molar refractivity (Wildman–Crippen MR) is 115 cm³/mol. The smallest absolute Gasteiger partial charge is 0.191 e. The number of likely N-dealkylation sites (N-methyl/N-ethyl adjacent to an activating group) is 1. The fourth-order valence-corrected chi connectivity index (χ4v) is 2.51. The van der Waals surface area contributed by atoms with E-state index in [4.69, 9.17) is 0 Å². The molecule has 2 aromatic rings. The third kappa shape index (κ3) is 6.81. The molecule has 0 spiro atoms. The first kappa shape index (κ1) is 21.7. The molecule has 0 aliphatic rings. The largest absolute Gasteiger partial charge is 0.361 e. The number of nitrogens with zero attached hydrogens (tertiary/aromatic N) is 2. The third-order valence-corrected chi connectivity index (χ3v) is 4.05. The van der Waals surface area contributed by atoms with E-state index in [0.29, 0.717) is 0 Å². The highest BCUT2D eigenvalue weighted by molar-refractivity contribution is 14.0. The minimum absolute atomic E-state index is 0. The van der Waals surface area contributed by atoms with Crippen molar-refractivity contribution in [1.82, 2.24) is 20.5 Å². The van der Waals surface area contributed by atoms with Crippen molar-refractivity contribution in [3.63, 3.8) is 0 Å². The van der Waals surface area contributed by atoms with Crippen LogP contribution in [0.4, 0.5) is 4.39 Å². The SMILES string of the molecule is CCNC(=NCCN(C)CC)NCCc1c[nH]c2cc(F)ccc12.I. The molecular weight excluding hydrogens is 432 g/mol. The lowest BCUT2D eigenvalue weighted by Crippen LogP contribution is -2.38. The van der Waals surface area contributed by atoms with Gasteiger partial charge in [-0.05, 0) is 50.7 Å². The van der Waals surface area contributed by atoms with Crippen molar-refractivity contribution in [2.75, 3.05) is 39.8 Å². The van der Waals surface area contributed by atoms with E-state index >= 15 is 0 Å².